The Labute approximate surface area is 175 Å². The molecule has 1 aromatic rings. The molecule has 2 fully saturated rings. The quantitative estimate of drug-likeness (QED) is 0.559. The summed E-state index contributed by atoms with van der Waals surface area (Å²) >= 11 is 0. The Balaban J connectivity index is 1.36. The predicted octanol–water partition coefficient (Wildman–Crippen LogP) is 3.39. The number of ether oxygens (including phenoxy) is 3. The van der Waals surface area contributed by atoms with E-state index in [1.54, 1.807) is 0 Å². The lowest BCUT2D eigenvalue weighted by atomic mass is 10.1. The van der Waals surface area contributed by atoms with Crippen molar-refractivity contribution in [3.63, 3.8) is 0 Å². The summed E-state index contributed by atoms with van der Waals surface area (Å²) in [7, 11) is 1.84. The molecule has 3 rings (SSSR count). The zero-order valence-corrected chi connectivity index (χ0v) is 18.2. The number of nitrogens with zero attached hydrogens (tertiary/aromatic N) is 2. The van der Waals surface area contributed by atoms with E-state index in [0.29, 0.717) is 12.2 Å². The first-order valence-corrected chi connectivity index (χ1v) is 11.1. The number of hydrogen-bond donors (Lipinski definition) is 1. The van der Waals surface area contributed by atoms with Crippen LogP contribution < -0.4 is 10.1 Å². The summed E-state index contributed by atoms with van der Waals surface area (Å²) in [6.45, 7) is 8.43. The van der Waals surface area contributed by atoms with E-state index in [1.807, 2.05) is 19.2 Å². The highest BCUT2D eigenvalue weighted by molar-refractivity contribution is 5.80. The van der Waals surface area contributed by atoms with Crippen LogP contribution in [0.15, 0.2) is 29.3 Å². The molecule has 2 atom stereocenters. The van der Waals surface area contributed by atoms with E-state index >= 15 is 0 Å². The minimum Gasteiger partial charge on any atom is -0.489 e. The molecular formula is C23H37N3O3. The number of likely N-dealkylation sites (tertiary alicyclic amines) is 1. The SMILES string of the molecule is CN=C(NCC(C)Oc1cccc(C)c1)N1CCC(OCC2CCCCO2)CC1. The van der Waals surface area contributed by atoms with Crippen molar-refractivity contribution >= 4 is 5.96 Å². The van der Waals surface area contributed by atoms with Crippen LogP contribution in [0.25, 0.3) is 0 Å². The molecular weight excluding hydrogens is 366 g/mol. The van der Waals surface area contributed by atoms with Gasteiger partial charge in [-0.15, -0.1) is 0 Å². The van der Waals surface area contributed by atoms with Gasteiger partial charge < -0.3 is 24.4 Å². The lowest BCUT2D eigenvalue weighted by molar-refractivity contribution is -0.0721. The lowest BCUT2D eigenvalue weighted by Crippen LogP contribution is -2.49. The zero-order chi connectivity index (χ0) is 20.5. The molecule has 2 heterocycles. The van der Waals surface area contributed by atoms with Crippen LogP contribution in [0.5, 0.6) is 5.75 Å². The van der Waals surface area contributed by atoms with Gasteiger partial charge >= 0.3 is 0 Å². The van der Waals surface area contributed by atoms with Crippen molar-refractivity contribution in [3.8, 4) is 5.75 Å². The first kappa shape index (κ1) is 21.9. The van der Waals surface area contributed by atoms with Gasteiger partial charge in [-0.25, -0.2) is 0 Å². The fraction of sp³-hybridized carbons (Fsp3) is 0.696. The monoisotopic (exact) mass is 403 g/mol. The van der Waals surface area contributed by atoms with E-state index in [0.717, 1.165) is 63.8 Å². The maximum Gasteiger partial charge on any atom is 0.193 e. The van der Waals surface area contributed by atoms with Gasteiger partial charge in [-0.1, -0.05) is 12.1 Å². The molecule has 0 aromatic heterocycles. The molecule has 0 spiro atoms. The number of guanidine groups is 1. The summed E-state index contributed by atoms with van der Waals surface area (Å²) in [4.78, 5) is 6.78. The Morgan fingerprint density at radius 3 is 2.79 bits per heavy atom. The van der Waals surface area contributed by atoms with Gasteiger partial charge in [-0.2, -0.15) is 0 Å². The van der Waals surface area contributed by atoms with Gasteiger partial charge in [-0.3, -0.25) is 4.99 Å². The van der Waals surface area contributed by atoms with Crippen LogP contribution in [-0.2, 0) is 9.47 Å². The third kappa shape index (κ3) is 7.19. The average molecular weight is 404 g/mol. The summed E-state index contributed by atoms with van der Waals surface area (Å²) in [6.07, 6.45) is 6.34. The third-order valence-corrected chi connectivity index (χ3v) is 5.62. The molecule has 162 valence electrons. The summed E-state index contributed by atoms with van der Waals surface area (Å²) in [5, 5.41) is 3.46. The molecule has 1 aromatic carbocycles. The molecule has 2 aliphatic heterocycles. The summed E-state index contributed by atoms with van der Waals surface area (Å²) in [6, 6.07) is 8.17. The van der Waals surface area contributed by atoms with E-state index in [-0.39, 0.29) is 6.10 Å². The van der Waals surface area contributed by atoms with Gasteiger partial charge in [-0.05, 0) is 63.6 Å². The summed E-state index contributed by atoms with van der Waals surface area (Å²) in [5.74, 6) is 1.85. The average Bonchev–Trinajstić information content (AvgIpc) is 2.74. The number of piperidine rings is 1. The van der Waals surface area contributed by atoms with Crippen LogP contribution >= 0.6 is 0 Å². The minimum absolute atomic E-state index is 0.0601. The first-order valence-electron chi connectivity index (χ1n) is 11.1. The van der Waals surface area contributed by atoms with E-state index in [9.17, 15) is 0 Å². The summed E-state index contributed by atoms with van der Waals surface area (Å²) in [5.41, 5.74) is 1.21. The second-order valence-electron chi connectivity index (χ2n) is 8.18. The molecule has 0 amide bonds. The molecule has 0 bridgehead atoms. The first-order chi connectivity index (χ1) is 14.1. The number of rotatable bonds is 7. The zero-order valence-electron chi connectivity index (χ0n) is 18.2. The topological polar surface area (TPSA) is 55.3 Å². The molecule has 2 saturated heterocycles. The fourth-order valence-electron chi connectivity index (χ4n) is 3.95. The fourth-order valence-corrected chi connectivity index (χ4v) is 3.95. The van der Waals surface area contributed by atoms with Gasteiger partial charge in [0.05, 0.1) is 25.4 Å². The number of aliphatic imine (C=N–C) groups is 1. The Morgan fingerprint density at radius 2 is 2.10 bits per heavy atom. The normalized spacial score (nSPS) is 22.4. The van der Waals surface area contributed by atoms with E-state index in [4.69, 9.17) is 14.2 Å². The predicted molar refractivity (Wildman–Crippen MR) is 117 cm³/mol. The minimum atomic E-state index is 0.0601. The Bertz CT molecular complexity index is 638. The van der Waals surface area contributed by atoms with Crippen molar-refractivity contribution in [3.05, 3.63) is 29.8 Å². The van der Waals surface area contributed by atoms with E-state index in [2.05, 4.69) is 41.2 Å². The van der Waals surface area contributed by atoms with Crippen molar-refractivity contribution < 1.29 is 14.2 Å². The Hall–Kier alpha value is -1.79. The molecule has 2 aliphatic rings. The van der Waals surface area contributed by atoms with Crippen LogP contribution in [0, 0.1) is 6.92 Å². The number of benzene rings is 1. The van der Waals surface area contributed by atoms with Gasteiger partial charge in [0.25, 0.3) is 0 Å². The molecule has 29 heavy (non-hydrogen) atoms. The van der Waals surface area contributed by atoms with Crippen LogP contribution in [0.2, 0.25) is 0 Å². The van der Waals surface area contributed by atoms with Crippen molar-refractivity contribution in [2.45, 2.75) is 64.3 Å². The highest BCUT2D eigenvalue weighted by Gasteiger charge is 2.24. The molecule has 1 N–H and O–H groups in total. The maximum atomic E-state index is 6.13. The molecule has 0 radical (unpaired) electrons. The van der Waals surface area contributed by atoms with E-state index < -0.39 is 0 Å². The molecule has 6 heteroatoms. The van der Waals surface area contributed by atoms with Crippen LogP contribution in [0.4, 0.5) is 0 Å². The number of hydrogen-bond acceptors (Lipinski definition) is 4. The molecule has 0 saturated carbocycles. The molecule has 2 unspecified atom stereocenters. The van der Waals surface area contributed by atoms with Crippen LogP contribution in [-0.4, -0.2) is 69.1 Å². The standard InChI is InChI=1S/C23H37N3O3/c1-18-7-6-9-21(15-18)29-19(2)16-25-23(24-3)26-12-10-20(11-13-26)28-17-22-8-4-5-14-27-22/h6-7,9,15,19-20,22H,4-5,8,10-14,16-17H2,1-3H3,(H,24,25). The Morgan fingerprint density at radius 1 is 1.28 bits per heavy atom. The van der Waals surface area contributed by atoms with Crippen LogP contribution in [0.1, 0.15) is 44.6 Å². The van der Waals surface area contributed by atoms with Crippen molar-refractivity contribution in [1.29, 1.82) is 0 Å². The van der Waals surface area contributed by atoms with Gasteiger partial charge in [0.1, 0.15) is 11.9 Å². The smallest absolute Gasteiger partial charge is 0.193 e. The number of nitrogens with one attached hydrogen (secondary N) is 1. The van der Waals surface area contributed by atoms with Gasteiger partial charge in [0.15, 0.2) is 5.96 Å². The molecule has 6 nitrogen and oxygen atoms in total. The Kier molecular flexibility index (Phi) is 8.62. The van der Waals surface area contributed by atoms with Crippen LogP contribution in [0.3, 0.4) is 0 Å². The molecule has 0 aliphatic carbocycles. The lowest BCUT2D eigenvalue weighted by Gasteiger charge is -2.35. The highest BCUT2D eigenvalue weighted by Crippen LogP contribution is 2.18. The third-order valence-electron chi connectivity index (χ3n) is 5.62. The van der Waals surface area contributed by atoms with Crippen molar-refractivity contribution in [2.24, 2.45) is 4.99 Å². The second kappa shape index (κ2) is 11.4. The summed E-state index contributed by atoms with van der Waals surface area (Å²) < 4.78 is 17.9. The van der Waals surface area contributed by atoms with Crippen molar-refractivity contribution in [1.82, 2.24) is 10.2 Å². The van der Waals surface area contributed by atoms with Crippen molar-refractivity contribution in [2.75, 3.05) is 39.9 Å². The largest absolute Gasteiger partial charge is 0.489 e. The maximum absolute atomic E-state index is 6.13. The van der Waals surface area contributed by atoms with Gasteiger partial charge in [0, 0.05) is 26.7 Å². The highest BCUT2D eigenvalue weighted by atomic mass is 16.5. The van der Waals surface area contributed by atoms with Gasteiger partial charge in [0.2, 0.25) is 0 Å². The van der Waals surface area contributed by atoms with E-state index in [1.165, 1.54) is 18.4 Å². The second-order valence-corrected chi connectivity index (χ2v) is 8.18. The number of aryl methyl sites for hydroxylation is 1.